The number of rotatable bonds is 9. The van der Waals surface area contributed by atoms with Crippen LogP contribution in [0.25, 0.3) is 10.8 Å². The van der Waals surface area contributed by atoms with Gasteiger partial charge in [0.2, 0.25) is 5.76 Å². The highest BCUT2D eigenvalue weighted by molar-refractivity contribution is 5.97. The molecule has 0 bridgehead atoms. The molecule has 2 aromatic heterocycles. The molecule has 3 saturated heterocycles. The van der Waals surface area contributed by atoms with Crippen LogP contribution < -0.4 is 19.9 Å². The third-order valence-corrected chi connectivity index (χ3v) is 12.5. The van der Waals surface area contributed by atoms with Gasteiger partial charge in [0.25, 0.3) is 5.91 Å². The van der Waals surface area contributed by atoms with Crippen molar-refractivity contribution in [2.24, 2.45) is 0 Å². The summed E-state index contributed by atoms with van der Waals surface area (Å²) in [5, 5.41) is 5.75. The van der Waals surface area contributed by atoms with Crippen molar-refractivity contribution in [3.8, 4) is 6.01 Å². The summed E-state index contributed by atoms with van der Waals surface area (Å²) in [6.45, 7) is 10.3. The summed E-state index contributed by atoms with van der Waals surface area (Å²) >= 11 is 0. The van der Waals surface area contributed by atoms with Crippen molar-refractivity contribution in [3.63, 3.8) is 0 Å². The molecule has 2 aromatic carbocycles. The lowest BCUT2D eigenvalue weighted by atomic mass is 9.93. The quantitative estimate of drug-likeness (QED) is 0.205. The van der Waals surface area contributed by atoms with Crippen molar-refractivity contribution >= 4 is 28.2 Å². The van der Waals surface area contributed by atoms with Crippen molar-refractivity contribution < 1.29 is 13.9 Å². The Balaban J connectivity index is 1.02. The summed E-state index contributed by atoms with van der Waals surface area (Å²) in [5.41, 5.74) is 5.72. The minimum atomic E-state index is -0.139. The fraction of sp³-hybridized carbons (Fsp3) is 0.561. The Morgan fingerprint density at radius 1 is 0.961 bits per heavy atom. The minimum Gasteiger partial charge on any atom is -0.461 e. The number of hydrogen-bond donors (Lipinski definition) is 1. The molecule has 51 heavy (non-hydrogen) atoms. The number of nitrogens with one attached hydrogen (secondary N) is 1. The fourth-order valence-corrected chi connectivity index (χ4v) is 9.51. The predicted molar refractivity (Wildman–Crippen MR) is 199 cm³/mol. The van der Waals surface area contributed by atoms with Crippen LogP contribution in [0.5, 0.6) is 6.01 Å². The summed E-state index contributed by atoms with van der Waals surface area (Å²) in [7, 11) is 0. The van der Waals surface area contributed by atoms with Gasteiger partial charge in [0.1, 0.15) is 12.4 Å². The number of aryl methyl sites for hydroxylation is 2. The number of fused-ring (bicyclic) bond motifs is 3. The van der Waals surface area contributed by atoms with Crippen molar-refractivity contribution in [2.45, 2.75) is 109 Å². The number of piperidine rings is 1. The van der Waals surface area contributed by atoms with Gasteiger partial charge in [-0.25, -0.2) is 4.98 Å². The van der Waals surface area contributed by atoms with Crippen LogP contribution in [0.4, 0.5) is 11.5 Å². The normalized spacial score (nSPS) is 21.8. The largest absolute Gasteiger partial charge is 0.461 e. The Hall–Kier alpha value is -4.18. The molecule has 6 heterocycles. The van der Waals surface area contributed by atoms with Crippen LogP contribution in [0, 0.1) is 6.92 Å². The zero-order valence-electron chi connectivity index (χ0n) is 30.3. The van der Waals surface area contributed by atoms with E-state index in [4.69, 9.17) is 24.1 Å². The molecule has 10 heteroatoms. The van der Waals surface area contributed by atoms with E-state index in [-0.39, 0.29) is 23.4 Å². The molecular weight excluding hydrogens is 638 g/mol. The number of carbonyl (C=O) groups is 1. The zero-order valence-corrected chi connectivity index (χ0v) is 30.3. The van der Waals surface area contributed by atoms with Gasteiger partial charge in [-0.2, -0.15) is 9.97 Å². The lowest BCUT2D eigenvalue weighted by Gasteiger charge is -2.37. The van der Waals surface area contributed by atoms with Crippen LogP contribution in [0.1, 0.15) is 110 Å². The molecule has 1 aliphatic carbocycles. The predicted octanol–water partition coefficient (Wildman–Crippen LogP) is 6.72. The molecule has 1 atom stereocenters. The van der Waals surface area contributed by atoms with Gasteiger partial charge in [-0.15, -0.1) is 0 Å². The number of oxazole rings is 1. The molecule has 10 nitrogen and oxygen atoms in total. The first-order valence-electron chi connectivity index (χ1n) is 19.5. The van der Waals surface area contributed by atoms with Crippen LogP contribution in [0.3, 0.4) is 0 Å². The first kappa shape index (κ1) is 32.7. The van der Waals surface area contributed by atoms with Gasteiger partial charge in [0.15, 0.2) is 5.89 Å². The standard InChI is InChI=1S/C41H51N7O3/c1-3-28-10-4-11-29-12-5-16-34(35(28)29)46-23-17-32-33(25-46)44-40(50-26-41-18-8-21-48(41)22-9-19-41)45-37(32)47-20-7-13-30(24-47)39-42-27(2)36(51-39)38(49)43-31-14-6-15-31/h4-5,10-12,16,30-31H,3,6-9,13-15,17-26H2,1-2H3,(H,43,49). The van der Waals surface area contributed by atoms with Gasteiger partial charge in [-0.3, -0.25) is 9.69 Å². The van der Waals surface area contributed by atoms with E-state index in [1.54, 1.807) is 0 Å². The third-order valence-electron chi connectivity index (χ3n) is 12.5. The Labute approximate surface area is 301 Å². The molecular formula is C41H51N7O3. The number of aromatic nitrogens is 3. The maximum Gasteiger partial charge on any atom is 0.318 e. The summed E-state index contributed by atoms with van der Waals surface area (Å²) in [4.78, 5) is 35.8. The Kier molecular flexibility index (Phi) is 8.61. The van der Waals surface area contributed by atoms with Gasteiger partial charge in [-0.05, 0) is 108 Å². The number of anilines is 2. The molecule has 4 aliphatic heterocycles. The molecule has 0 radical (unpaired) electrons. The van der Waals surface area contributed by atoms with Crippen LogP contribution >= 0.6 is 0 Å². The monoisotopic (exact) mass is 689 g/mol. The van der Waals surface area contributed by atoms with E-state index < -0.39 is 0 Å². The number of hydrogen-bond acceptors (Lipinski definition) is 9. The van der Waals surface area contributed by atoms with Crippen molar-refractivity contribution in [2.75, 3.05) is 49.1 Å². The SMILES string of the molecule is CCc1cccc2cccc(N3CCc4c(nc(OCC56CCCN5CCC6)nc4N4CCCC(c5nc(C)c(C(=O)NC6CCC6)o5)C4)C3)c12. The second kappa shape index (κ2) is 13.4. The second-order valence-electron chi connectivity index (χ2n) is 15.6. The highest BCUT2D eigenvalue weighted by Gasteiger charge is 2.45. The molecule has 5 aliphatic rings. The summed E-state index contributed by atoms with van der Waals surface area (Å²) in [6, 6.07) is 14.1. The average Bonchev–Trinajstić information content (AvgIpc) is 3.85. The summed E-state index contributed by atoms with van der Waals surface area (Å²) < 4.78 is 12.9. The highest BCUT2D eigenvalue weighted by atomic mass is 16.5. The Morgan fingerprint density at radius 3 is 2.57 bits per heavy atom. The number of amides is 1. The second-order valence-corrected chi connectivity index (χ2v) is 15.6. The molecule has 1 saturated carbocycles. The van der Waals surface area contributed by atoms with E-state index in [1.165, 1.54) is 72.8 Å². The molecule has 4 fully saturated rings. The number of carbonyl (C=O) groups excluding carboxylic acids is 1. The minimum absolute atomic E-state index is 0.0744. The molecule has 4 aromatic rings. The van der Waals surface area contributed by atoms with E-state index in [9.17, 15) is 4.79 Å². The van der Waals surface area contributed by atoms with E-state index in [2.05, 4.69) is 63.3 Å². The molecule has 9 rings (SSSR count). The fourth-order valence-electron chi connectivity index (χ4n) is 9.51. The molecule has 1 unspecified atom stereocenters. The molecule has 0 spiro atoms. The van der Waals surface area contributed by atoms with Gasteiger partial charge in [-0.1, -0.05) is 37.3 Å². The van der Waals surface area contributed by atoms with Gasteiger partial charge >= 0.3 is 6.01 Å². The van der Waals surface area contributed by atoms with E-state index in [0.29, 0.717) is 36.5 Å². The first-order chi connectivity index (χ1) is 25.0. The maximum atomic E-state index is 13.0. The van der Waals surface area contributed by atoms with Gasteiger partial charge < -0.3 is 24.3 Å². The topological polar surface area (TPSA) is 99.9 Å². The number of ether oxygens (including phenoxy) is 1. The Bertz CT molecular complexity index is 1920. The van der Waals surface area contributed by atoms with Crippen LogP contribution in [-0.4, -0.2) is 76.7 Å². The van der Waals surface area contributed by atoms with Crippen molar-refractivity contribution in [1.82, 2.24) is 25.2 Å². The van der Waals surface area contributed by atoms with E-state index in [1.807, 2.05) is 6.92 Å². The highest BCUT2D eigenvalue weighted by Crippen LogP contribution is 2.41. The van der Waals surface area contributed by atoms with Crippen LogP contribution in [0.15, 0.2) is 40.8 Å². The molecule has 268 valence electrons. The third kappa shape index (κ3) is 6.03. The first-order valence-corrected chi connectivity index (χ1v) is 19.5. The summed E-state index contributed by atoms with van der Waals surface area (Å²) in [6.07, 6.45) is 11.9. The van der Waals surface area contributed by atoms with Crippen molar-refractivity contribution in [3.05, 3.63) is 70.6 Å². The number of benzene rings is 2. The average molecular weight is 690 g/mol. The molecule has 1 N–H and O–H groups in total. The van der Waals surface area contributed by atoms with Gasteiger partial charge in [0.05, 0.1) is 29.4 Å². The van der Waals surface area contributed by atoms with Crippen molar-refractivity contribution in [1.29, 1.82) is 0 Å². The number of nitrogens with zero attached hydrogens (tertiary/aromatic N) is 6. The summed E-state index contributed by atoms with van der Waals surface area (Å²) in [5.74, 6) is 1.94. The Morgan fingerprint density at radius 2 is 1.78 bits per heavy atom. The lowest BCUT2D eigenvalue weighted by Crippen LogP contribution is -2.44. The zero-order chi connectivity index (χ0) is 34.5. The lowest BCUT2D eigenvalue weighted by molar-refractivity contribution is 0.0885. The molecule has 1 amide bonds. The maximum absolute atomic E-state index is 13.0. The smallest absolute Gasteiger partial charge is 0.318 e. The van der Waals surface area contributed by atoms with E-state index >= 15 is 0 Å². The van der Waals surface area contributed by atoms with Crippen LogP contribution in [-0.2, 0) is 19.4 Å². The van der Waals surface area contributed by atoms with E-state index in [0.717, 1.165) is 69.7 Å². The van der Waals surface area contributed by atoms with Gasteiger partial charge in [0, 0.05) is 42.3 Å². The van der Waals surface area contributed by atoms with Crippen LogP contribution in [0.2, 0.25) is 0 Å².